The molecule has 2 unspecified atom stereocenters. The van der Waals surface area contributed by atoms with Gasteiger partial charge in [0, 0.05) is 32.2 Å². The summed E-state index contributed by atoms with van der Waals surface area (Å²) in [5, 5.41) is 3.47. The maximum Gasteiger partial charge on any atom is 0.0707 e. The van der Waals surface area contributed by atoms with E-state index in [9.17, 15) is 0 Å². The van der Waals surface area contributed by atoms with Crippen LogP contribution in [0.4, 0.5) is 0 Å². The largest absolute Gasteiger partial charge is 0.384 e. The fourth-order valence-corrected chi connectivity index (χ4v) is 3.91. The molecule has 104 valence electrons. The topological polar surface area (TPSA) is 33.7 Å². The van der Waals surface area contributed by atoms with E-state index in [0.717, 1.165) is 32.8 Å². The minimum Gasteiger partial charge on any atom is -0.384 e. The van der Waals surface area contributed by atoms with Gasteiger partial charge in [-0.2, -0.15) is 0 Å². The zero-order chi connectivity index (χ0) is 12.4. The molecule has 2 atom stereocenters. The maximum absolute atomic E-state index is 5.92. The second kappa shape index (κ2) is 5.45. The SMILES string of the molecule is COCC1(CN2CC3CCC(C2)O3)CCNCC1. The van der Waals surface area contributed by atoms with E-state index in [4.69, 9.17) is 9.47 Å². The molecule has 3 heterocycles. The molecule has 0 aliphatic carbocycles. The summed E-state index contributed by atoms with van der Waals surface area (Å²) >= 11 is 0. The van der Waals surface area contributed by atoms with Crippen molar-refractivity contribution in [1.29, 1.82) is 0 Å². The van der Waals surface area contributed by atoms with E-state index in [1.54, 1.807) is 0 Å². The Labute approximate surface area is 110 Å². The molecule has 0 spiro atoms. The Morgan fingerprint density at radius 2 is 1.89 bits per heavy atom. The number of hydrogen-bond acceptors (Lipinski definition) is 4. The monoisotopic (exact) mass is 254 g/mol. The molecule has 0 saturated carbocycles. The van der Waals surface area contributed by atoms with Crippen LogP contribution in [-0.4, -0.2) is 63.5 Å². The Bertz CT molecular complexity index is 261. The first-order valence-electron chi connectivity index (χ1n) is 7.37. The van der Waals surface area contributed by atoms with Gasteiger partial charge in [-0.1, -0.05) is 0 Å². The molecule has 1 N–H and O–H groups in total. The molecule has 4 nitrogen and oxygen atoms in total. The summed E-state index contributed by atoms with van der Waals surface area (Å²) < 4.78 is 11.4. The molecule has 18 heavy (non-hydrogen) atoms. The van der Waals surface area contributed by atoms with Crippen molar-refractivity contribution in [2.45, 2.75) is 37.9 Å². The highest BCUT2D eigenvalue weighted by Crippen LogP contribution is 2.33. The van der Waals surface area contributed by atoms with Crippen LogP contribution in [-0.2, 0) is 9.47 Å². The predicted molar refractivity (Wildman–Crippen MR) is 70.7 cm³/mol. The molecule has 2 bridgehead atoms. The van der Waals surface area contributed by atoms with Crippen LogP contribution in [0.5, 0.6) is 0 Å². The lowest BCUT2D eigenvalue weighted by molar-refractivity contribution is -0.0634. The third-order valence-electron chi connectivity index (χ3n) is 4.79. The van der Waals surface area contributed by atoms with Gasteiger partial charge in [0.05, 0.1) is 18.8 Å². The standard InChI is InChI=1S/C14H26N2O2/c1-17-11-14(4-6-15-7-5-14)10-16-8-12-2-3-13(9-16)18-12/h12-13,15H,2-11H2,1H3. The van der Waals surface area contributed by atoms with Crippen molar-refractivity contribution in [2.75, 3.05) is 46.4 Å². The summed E-state index contributed by atoms with van der Waals surface area (Å²) in [6, 6.07) is 0. The molecule has 0 amide bonds. The molecule has 3 aliphatic rings. The van der Waals surface area contributed by atoms with Gasteiger partial charge < -0.3 is 14.8 Å². The van der Waals surface area contributed by atoms with Crippen LogP contribution >= 0.6 is 0 Å². The molecular weight excluding hydrogens is 228 g/mol. The van der Waals surface area contributed by atoms with Gasteiger partial charge in [-0.05, 0) is 38.8 Å². The van der Waals surface area contributed by atoms with Gasteiger partial charge in [0.25, 0.3) is 0 Å². The first-order valence-corrected chi connectivity index (χ1v) is 7.37. The van der Waals surface area contributed by atoms with Crippen molar-refractivity contribution in [3.63, 3.8) is 0 Å². The van der Waals surface area contributed by atoms with E-state index >= 15 is 0 Å². The van der Waals surface area contributed by atoms with Crippen LogP contribution < -0.4 is 5.32 Å². The fraction of sp³-hybridized carbons (Fsp3) is 1.00. The molecule has 0 radical (unpaired) electrons. The van der Waals surface area contributed by atoms with E-state index in [1.165, 1.54) is 32.2 Å². The van der Waals surface area contributed by atoms with Crippen molar-refractivity contribution >= 4 is 0 Å². The Kier molecular flexibility index (Phi) is 3.89. The van der Waals surface area contributed by atoms with E-state index in [0.29, 0.717) is 17.6 Å². The average molecular weight is 254 g/mol. The summed E-state index contributed by atoms with van der Waals surface area (Å²) in [5.41, 5.74) is 0.372. The third-order valence-corrected chi connectivity index (χ3v) is 4.79. The molecule has 3 fully saturated rings. The summed E-state index contributed by atoms with van der Waals surface area (Å²) in [5.74, 6) is 0. The van der Waals surface area contributed by atoms with E-state index in [1.807, 2.05) is 7.11 Å². The number of ether oxygens (including phenoxy) is 2. The molecule has 4 heteroatoms. The van der Waals surface area contributed by atoms with Crippen molar-refractivity contribution in [2.24, 2.45) is 5.41 Å². The Morgan fingerprint density at radius 3 is 2.50 bits per heavy atom. The van der Waals surface area contributed by atoms with Crippen molar-refractivity contribution in [1.82, 2.24) is 10.2 Å². The van der Waals surface area contributed by atoms with E-state index < -0.39 is 0 Å². The molecule has 3 rings (SSSR count). The quantitative estimate of drug-likeness (QED) is 0.807. The van der Waals surface area contributed by atoms with Crippen LogP contribution in [0.3, 0.4) is 0 Å². The summed E-state index contributed by atoms with van der Waals surface area (Å²) in [7, 11) is 1.84. The van der Waals surface area contributed by atoms with Crippen LogP contribution in [0.2, 0.25) is 0 Å². The van der Waals surface area contributed by atoms with Crippen LogP contribution in [0.15, 0.2) is 0 Å². The minimum absolute atomic E-state index is 0.372. The number of nitrogens with one attached hydrogen (secondary N) is 1. The third kappa shape index (κ3) is 2.72. The minimum atomic E-state index is 0.372. The van der Waals surface area contributed by atoms with E-state index in [2.05, 4.69) is 10.2 Å². The molecular formula is C14H26N2O2. The lowest BCUT2D eigenvalue weighted by atomic mass is 9.79. The molecule has 3 saturated heterocycles. The molecule has 3 aliphatic heterocycles. The number of likely N-dealkylation sites (tertiary alicyclic amines) is 1. The van der Waals surface area contributed by atoms with Crippen LogP contribution in [0.25, 0.3) is 0 Å². The number of fused-ring (bicyclic) bond motifs is 2. The number of morpholine rings is 1. The Morgan fingerprint density at radius 1 is 1.22 bits per heavy atom. The second-order valence-corrected chi connectivity index (χ2v) is 6.33. The van der Waals surface area contributed by atoms with Crippen molar-refractivity contribution < 1.29 is 9.47 Å². The van der Waals surface area contributed by atoms with Gasteiger partial charge in [0.15, 0.2) is 0 Å². The normalized spacial score (nSPS) is 35.8. The Balaban J connectivity index is 1.61. The van der Waals surface area contributed by atoms with Gasteiger partial charge in [-0.3, -0.25) is 4.90 Å². The van der Waals surface area contributed by atoms with Gasteiger partial charge >= 0.3 is 0 Å². The number of nitrogens with zero attached hydrogens (tertiary/aromatic N) is 1. The first-order chi connectivity index (χ1) is 8.80. The van der Waals surface area contributed by atoms with Crippen molar-refractivity contribution in [3.05, 3.63) is 0 Å². The summed E-state index contributed by atoms with van der Waals surface area (Å²) in [6.45, 7) is 6.64. The average Bonchev–Trinajstić information content (AvgIpc) is 2.70. The number of methoxy groups -OCH3 is 1. The highest BCUT2D eigenvalue weighted by molar-refractivity contribution is 4.92. The Hall–Kier alpha value is -0.160. The summed E-state index contributed by atoms with van der Waals surface area (Å²) in [4.78, 5) is 2.64. The first kappa shape index (κ1) is 12.9. The number of piperidine rings is 1. The molecule has 0 aromatic rings. The van der Waals surface area contributed by atoms with Gasteiger partial charge in [0.1, 0.15) is 0 Å². The van der Waals surface area contributed by atoms with Gasteiger partial charge in [-0.25, -0.2) is 0 Å². The lowest BCUT2D eigenvalue weighted by Crippen LogP contribution is -2.51. The number of hydrogen-bond donors (Lipinski definition) is 1. The smallest absolute Gasteiger partial charge is 0.0707 e. The van der Waals surface area contributed by atoms with Gasteiger partial charge in [0.2, 0.25) is 0 Å². The van der Waals surface area contributed by atoms with Gasteiger partial charge in [-0.15, -0.1) is 0 Å². The fourth-order valence-electron chi connectivity index (χ4n) is 3.91. The van der Waals surface area contributed by atoms with E-state index in [-0.39, 0.29) is 0 Å². The lowest BCUT2D eigenvalue weighted by Gasteiger charge is -2.43. The molecule has 0 aromatic carbocycles. The zero-order valence-electron chi connectivity index (χ0n) is 11.5. The predicted octanol–water partition coefficient (Wildman–Crippen LogP) is 0.866. The number of rotatable bonds is 4. The molecule has 0 aromatic heterocycles. The zero-order valence-corrected chi connectivity index (χ0v) is 11.5. The summed E-state index contributed by atoms with van der Waals surface area (Å²) in [6.07, 6.45) is 6.02. The van der Waals surface area contributed by atoms with Crippen molar-refractivity contribution in [3.8, 4) is 0 Å². The highest BCUT2D eigenvalue weighted by Gasteiger charge is 2.39. The maximum atomic E-state index is 5.92. The van der Waals surface area contributed by atoms with Crippen LogP contribution in [0, 0.1) is 5.41 Å². The van der Waals surface area contributed by atoms with Crippen LogP contribution in [0.1, 0.15) is 25.7 Å². The highest BCUT2D eigenvalue weighted by atomic mass is 16.5. The second-order valence-electron chi connectivity index (χ2n) is 6.33.